The van der Waals surface area contributed by atoms with Crippen LogP contribution in [0.5, 0.6) is 0 Å². The van der Waals surface area contributed by atoms with Gasteiger partial charge in [-0.05, 0) is 88.8 Å². The molecule has 1 aliphatic rings. The smallest absolute Gasteiger partial charge is 0.351 e. The molecule has 0 fully saturated rings. The summed E-state index contributed by atoms with van der Waals surface area (Å²) in [6.45, 7) is 11.6. The van der Waals surface area contributed by atoms with Crippen LogP contribution in [0, 0.1) is 0 Å². The Bertz CT molecular complexity index is 2290. The molecule has 1 aromatic heterocycles. The third kappa shape index (κ3) is 11.7. The molecule has 1 atom stereocenters. The molecule has 2 heterocycles. The number of imidazole rings is 1. The van der Waals surface area contributed by atoms with Crippen LogP contribution in [-0.2, 0) is 35.1 Å². The Morgan fingerprint density at radius 1 is 0.741 bits per heavy atom. The van der Waals surface area contributed by atoms with Gasteiger partial charge in [-0.2, -0.15) is 0 Å². The SMILES string of the molecule is CC(C)(C)OC(=O)C=Cc1ccc(-c2nc(-c3ccc(C4=NOC(C(=O)OC(C)(C)C)C4)cc3)c(-c3ccc(C=CC(=O)NCCCc4ccccc4)cc3)[nH]2)cc1. The molecule has 1 amide bonds. The van der Waals surface area contributed by atoms with Gasteiger partial charge < -0.3 is 24.6 Å². The molecule has 10 nitrogen and oxygen atoms in total. The minimum atomic E-state index is -0.786. The molecule has 5 aromatic rings. The van der Waals surface area contributed by atoms with Gasteiger partial charge in [0.1, 0.15) is 17.0 Å². The molecule has 0 radical (unpaired) electrons. The molecule has 0 bridgehead atoms. The quantitative estimate of drug-likeness (QED) is 0.0692. The number of aryl methyl sites for hydroxylation is 1. The van der Waals surface area contributed by atoms with Crippen LogP contribution in [0.25, 0.3) is 46.1 Å². The second-order valence-electron chi connectivity index (χ2n) is 16.1. The number of H-pyrrole nitrogens is 1. The summed E-state index contributed by atoms with van der Waals surface area (Å²) in [6.07, 6.45) is 7.80. The van der Waals surface area contributed by atoms with Crippen molar-refractivity contribution in [3.63, 3.8) is 0 Å². The zero-order valence-electron chi connectivity index (χ0n) is 33.9. The lowest BCUT2D eigenvalue weighted by molar-refractivity contribution is -0.166. The summed E-state index contributed by atoms with van der Waals surface area (Å²) in [7, 11) is 0. The molecule has 4 aromatic carbocycles. The number of carbonyl (C=O) groups is 3. The highest BCUT2D eigenvalue weighted by molar-refractivity contribution is 6.04. The van der Waals surface area contributed by atoms with E-state index in [-0.39, 0.29) is 5.91 Å². The highest BCUT2D eigenvalue weighted by atomic mass is 16.7. The lowest BCUT2D eigenvalue weighted by Crippen LogP contribution is -2.32. The molecule has 0 aliphatic carbocycles. The number of rotatable bonds is 13. The van der Waals surface area contributed by atoms with Crippen molar-refractivity contribution in [2.24, 2.45) is 5.16 Å². The Morgan fingerprint density at radius 2 is 1.33 bits per heavy atom. The van der Waals surface area contributed by atoms with Gasteiger partial charge >= 0.3 is 11.9 Å². The average Bonchev–Trinajstić information content (AvgIpc) is 3.87. The van der Waals surface area contributed by atoms with Gasteiger partial charge in [-0.3, -0.25) is 4.79 Å². The molecular formula is C48H50N4O6. The molecule has 0 saturated carbocycles. The molecular weight excluding hydrogens is 729 g/mol. The number of carbonyl (C=O) groups excluding carboxylic acids is 3. The first-order chi connectivity index (χ1) is 27.7. The van der Waals surface area contributed by atoms with E-state index in [2.05, 4.69) is 27.6 Å². The summed E-state index contributed by atoms with van der Waals surface area (Å²) in [6, 6.07) is 33.7. The third-order valence-corrected chi connectivity index (χ3v) is 8.95. The van der Waals surface area contributed by atoms with Crippen molar-refractivity contribution >= 4 is 35.7 Å². The van der Waals surface area contributed by atoms with Crippen LogP contribution in [0.15, 0.2) is 120 Å². The fourth-order valence-corrected chi connectivity index (χ4v) is 6.18. The van der Waals surface area contributed by atoms with Crippen LogP contribution in [0.2, 0.25) is 0 Å². The Kier molecular flexibility index (Phi) is 12.9. The fourth-order valence-electron chi connectivity index (χ4n) is 6.18. The molecule has 6 rings (SSSR count). The number of nitrogens with one attached hydrogen (secondary N) is 2. The van der Waals surface area contributed by atoms with Crippen molar-refractivity contribution in [3.05, 3.63) is 138 Å². The largest absolute Gasteiger partial charge is 0.457 e. The first kappa shape index (κ1) is 41.1. The van der Waals surface area contributed by atoms with E-state index in [1.54, 1.807) is 18.2 Å². The van der Waals surface area contributed by atoms with E-state index < -0.39 is 29.2 Å². The maximum Gasteiger partial charge on any atom is 0.351 e. The van der Waals surface area contributed by atoms with Gasteiger partial charge in [0.05, 0.1) is 17.1 Å². The number of esters is 2. The van der Waals surface area contributed by atoms with E-state index in [1.165, 1.54) is 11.6 Å². The van der Waals surface area contributed by atoms with Crippen LogP contribution >= 0.6 is 0 Å². The Labute approximate surface area is 340 Å². The Balaban J connectivity index is 1.19. The normalized spacial score (nSPS) is 14.3. The van der Waals surface area contributed by atoms with Crippen LogP contribution in [-0.4, -0.2) is 57.4 Å². The standard InChI is InChI=1S/C48H50N4O6/c1-47(2,3)56-42(54)29-19-34-16-22-38(23-17-34)45-50-43(36-20-14-33(15-21-36)18-28-41(53)49-30-10-13-32-11-8-7-9-12-32)44(51-45)37-26-24-35(25-27-37)39-31-40(58-52-39)46(55)57-48(4,5)6/h7-9,11-12,14-29,40H,10,13,30-31H2,1-6H3,(H,49,53)(H,50,51). The Hall–Kier alpha value is -6.55. The second kappa shape index (κ2) is 18.1. The molecule has 1 aliphatic heterocycles. The summed E-state index contributed by atoms with van der Waals surface area (Å²) in [5.41, 5.74) is 7.47. The predicted molar refractivity (Wildman–Crippen MR) is 228 cm³/mol. The number of aromatic nitrogens is 2. The molecule has 298 valence electrons. The zero-order valence-corrected chi connectivity index (χ0v) is 33.9. The van der Waals surface area contributed by atoms with E-state index in [0.717, 1.165) is 57.6 Å². The maximum atomic E-state index is 12.6. The predicted octanol–water partition coefficient (Wildman–Crippen LogP) is 9.36. The zero-order chi connectivity index (χ0) is 41.3. The van der Waals surface area contributed by atoms with Gasteiger partial charge in [-0.1, -0.05) is 108 Å². The van der Waals surface area contributed by atoms with E-state index >= 15 is 0 Å². The van der Waals surface area contributed by atoms with Gasteiger partial charge in [-0.25, -0.2) is 14.6 Å². The minimum Gasteiger partial charge on any atom is -0.457 e. The van der Waals surface area contributed by atoms with E-state index in [9.17, 15) is 14.4 Å². The molecule has 1 unspecified atom stereocenters. The van der Waals surface area contributed by atoms with Crippen molar-refractivity contribution in [3.8, 4) is 33.9 Å². The van der Waals surface area contributed by atoms with Crippen molar-refractivity contribution in [1.29, 1.82) is 0 Å². The van der Waals surface area contributed by atoms with Crippen molar-refractivity contribution in [2.45, 2.75) is 78.1 Å². The molecule has 58 heavy (non-hydrogen) atoms. The second-order valence-corrected chi connectivity index (χ2v) is 16.1. The number of oxime groups is 1. The van der Waals surface area contributed by atoms with E-state index in [1.807, 2.05) is 133 Å². The van der Waals surface area contributed by atoms with E-state index in [4.69, 9.17) is 19.3 Å². The van der Waals surface area contributed by atoms with Crippen molar-refractivity contribution < 1.29 is 28.7 Å². The highest BCUT2D eigenvalue weighted by Crippen LogP contribution is 2.34. The highest BCUT2D eigenvalue weighted by Gasteiger charge is 2.33. The monoisotopic (exact) mass is 778 g/mol. The van der Waals surface area contributed by atoms with Crippen LogP contribution in [0.3, 0.4) is 0 Å². The lowest BCUT2D eigenvalue weighted by atomic mass is 10.00. The van der Waals surface area contributed by atoms with E-state index in [0.29, 0.717) is 24.5 Å². The first-order valence-corrected chi connectivity index (χ1v) is 19.5. The summed E-state index contributed by atoms with van der Waals surface area (Å²) < 4.78 is 10.9. The summed E-state index contributed by atoms with van der Waals surface area (Å²) in [5.74, 6) is -0.318. The average molecular weight is 779 g/mol. The number of hydrogen-bond acceptors (Lipinski definition) is 8. The molecule has 10 heteroatoms. The maximum absolute atomic E-state index is 12.6. The number of aromatic amines is 1. The summed E-state index contributed by atoms with van der Waals surface area (Å²) in [5, 5.41) is 7.16. The van der Waals surface area contributed by atoms with Crippen molar-refractivity contribution in [2.75, 3.05) is 6.54 Å². The van der Waals surface area contributed by atoms with Gasteiger partial charge in [0.15, 0.2) is 0 Å². The number of ether oxygens (including phenoxy) is 2. The number of amides is 1. The minimum absolute atomic E-state index is 0.136. The third-order valence-electron chi connectivity index (χ3n) is 8.95. The fraction of sp³-hybridized carbons (Fsp3) is 0.271. The molecule has 0 saturated heterocycles. The van der Waals surface area contributed by atoms with Crippen LogP contribution in [0.4, 0.5) is 0 Å². The van der Waals surface area contributed by atoms with Crippen molar-refractivity contribution in [1.82, 2.24) is 15.3 Å². The van der Waals surface area contributed by atoms with Crippen LogP contribution in [0.1, 0.15) is 76.6 Å². The van der Waals surface area contributed by atoms with Gasteiger partial charge in [0.2, 0.25) is 12.0 Å². The number of hydrogen-bond donors (Lipinski definition) is 2. The number of nitrogens with zero attached hydrogens (tertiary/aromatic N) is 2. The van der Waals surface area contributed by atoms with Crippen LogP contribution < -0.4 is 5.32 Å². The van der Waals surface area contributed by atoms with Gasteiger partial charge in [0, 0.05) is 41.8 Å². The summed E-state index contributed by atoms with van der Waals surface area (Å²) >= 11 is 0. The topological polar surface area (TPSA) is 132 Å². The molecule has 0 spiro atoms. The van der Waals surface area contributed by atoms with Gasteiger partial charge in [-0.15, -0.1) is 0 Å². The Morgan fingerprint density at radius 3 is 1.97 bits per heavy atom. The van der Waals surface area contributed by atoms with Gasteiger partial charge in [0.25, 0.3) is 0 Å². The molecule has 2 N–H and O–H groups in total. The summed E-state index contributed by atoms with van der Waals surface area (Å²) in [4.78, 5) is 51.4. The lowest BCUT2D eigenvalue weighted by Gasteiger charge is -2.20. The number of benzene rings is 4. The first-order valence-electron chi connectivity index (χ1n) is 19.5.